The highest BCUT2D eigenvalue weighted by Gasteiger charge is 2.24. The summed E-state index contributed by atoms with van der Waals surface area (Å²) in [4.78, 5) is 0.339. The SMILES string of the molecule is CCOCC1=CCN(S(=O)(=O)c2ccc(C)cc2)CC=C1C. The molecule has 0 atom stereocenters. The van der Waals surface area contributed by atoms with Crippen molar-refractivity contribution in [2.45, 2.75) is 25.7 Å². The summed E-state index contributed by atoms with van der Waals surface area (Å²) in [6, 6.07) is 6.97. The van der Waals surface area contributed by atoms with Crippen LogP contribution in [-0.2, 0) is 14.8 Å². The Kier molecular flexibility index (Phi) is 5.56. The largest absolute Gasteiger partial charge is 0.377 e. The van der Waals surface area contributed by atoms with Gasteiger partial charge in [-0.3, -0.25) is 0 Å². The molecule has 1 aromatic carbocycles. The normalized spacial score (nSPS) is 16.9. The Hall–Kier alpha value is -1.43. The first kappa shape index (κ1) is 16.9. The first-order valence-electron chi connectivity index (χ1n) is 7.46. The predicted molar refractivity (Wildman–Crippen MR) is 88.3 cm³/mol. The minimum Gasteiger partial charge on any atom is -0.377 e. The molecule has 0 bridgehead atoms. The molecule has 0 unspecified atom stereocenters. The molecule has 0 saturated carbocycles. The molecule has 0 aromatic heterocycles. The van der Waals surface area contributed by atoms with Gasteiger partial charge in [-0.2, -0.15) is 4.31 Å². The summed E-state index contributed by atoms with van der Waals surface area (Å²) in [5, 5.41) is 0. The van der Waals surface area contributed by atoms with Gasteiger partial charge in [0.25, 0.3) is 0 Å². The van der Waals surface area contributed by atoms with Gasteiger partial charge in [-0.15, -0.1) is 0 Å². The molecule has 0 saturated heterocycles. The van der Waals surface area contributed by atoms with Crippen LogP contribution in [0.4, 0.5) is 0 Å². The first-order chi connectivity index (χ1) is 10.4. The van der Waals surface area contributed by atoms with Gasteiger partial charge in [-0.05, 0) is 44.1 Å². The van der Waals surface area contributed by atoms with Crippen LogP contribution >= 0.6 is 0 Å². The smallest absolute Gasteiger partial charge is 0.243 e. The molecule has 0 spiro atoms. The highest BCUT2D eigenvalue weighted by atomic mass is 32.2. The summed E-state index contributed by atoms with van der Waals surface area (Å²) >= 11 is 0. The van der Waals surface area contributed by atoms with E-state index in [-0.39, 0.29) is 0 Å². The van der Waals surface area contributed by atoms with Gasteiger partial charge in [0.2, 0.25) is 10.0 Å². The number of nitrogens with zero attached hydrogens (tertiary/aromatic N) is 1. The van der Waals surface area contributed by atoms with Gasteiger partial charge >= 0.3 is 0 Å². The second-order valence-corrected chi connectivity index (χ2v) is 7.33. The van der Waals surface area contributed by atoms with Crippen molar-refractivity contribution < 1.29 is 13.2 Å². The van der Waals surface area contributed by atoms with E-state index in [9.17, 15) is 8.42 Å². The van der Waals surface area contributed by atoms with Gasteiger partial charge in [-0.25, -0.2) is 8.42 Å². The summed E-state index contributed by atoms with van der Waals surface area (Å²) in [6.45, 7) is 7.81. The molecule has 0 aliphatic carbocycles. The molecule has 22 heavy (non-hydrogen) atoms. The molecule has 5 heteroatoms. The molecule has 1 aliphatic heterocycles. The summed E-state index contributed by atoms with van der Waals surface area (Å²) < 4.78 is 32.4. The van der Waals surface area contributed by atoms with Crippen LogP contribution in [0.25, 0.3) is 0 Å². The Morgan fingerprint density at radius 1 is 1.09 bits per heavy atom. The van der Waals surface area contributed by atoms with Crippen molar-refractivity contribution >= 4 is 10.0 Å². The van der Waals surface area contributed by atoms with Crippen molar-refractivity contribution in [2.24, 2.45) is 0 Å². The van der Waals surface area contributed by atoms with E-state index in [1.54, 1.807) is 12.1 Å². The summed E-state index contributed by atoms with van der Waals surface area (Å²) in [5.41, 5.74) is 3.18. The summed E-state index contributed by atoms with van der Waals surface area (Å²) in [6.07, 6.45) is 3.89. The van der Waals surface area contributed by atoms with E-state index >= 15 is 0 Å². The average Bonchev–Trinajstić information content (AvgIpc) is 2.68. The van der Waals surface area contributed by atoms with Gasteiger partial charge in [0, 0.05) is 19.7 Å². The molecule has 2 rings (SSSR count). The van der Waals surface area contributed by atoms with Crippen LogP contribution in [0.1, 0.15) is 19.4 Å². The average molecular weight is 321 g/mol. The van der Waals surface area contributed by atoms with Gasteiger partial charge in [0.05, 0.1) is 11.5 Å². The standard InChI is InChI=1S/C17H23NO3S/c1-4-21-13-16-10-12-18(11-9-15(16)3)22(19,20)17-7-5-14(2)6-8-17/h5-10H,4,11-13H2,1-3H3. The van der Waals surface area contributed by atoms with Gasteiger partial charge in [0.15, 0.2) is 0 Å². The number of hydrogen-bond donors (Lipinski definition) is 0. The highest BCUT2D eigenvalue weighted by molar-refractivity contribution is 7.89. The van der Waals surface area contributed by atoms with Crippen LogP contribution in [0.5, 0.6) is 0 Å². The van der Waals surface area contributed by atoms with Crippen LogP contribution in [-0.4, -0.2) is 39.0 Å². The Balaban J connectivity index is 2.23. The van der Waals surface area contributed by atoms with E-state index in [4.69, 9.17) is 4.74 Å². The van der Waals surface area contributed by atoms with E-state index < -0.39 is 10.0 Å². The monoisotopic (exact) mass is 321 g/mol. The fourth-order valence-electron chi connectivity index (χ4n) is 2.26. The van der Waals surface area contributed by atoms with E-state index in [1.165, 1.54) is 4.31 Å². The van der Waals surface area contributed by atoms with E-state index in [2.05, 4.69) is 0 Å². The van der Waals surface area contributed by atoms with E-state index in [0.717, 1.165) is 16.7 Å². The Morgan fingerprint density at radius 3 is 2.36 bits per heavy atom. The van der Waals surface area contributed by atoms with Crippen LogP contribution in [0, 0.1) is 6.92 Å². The van der Waals surface area contributed by atoms with Gasteiger partial charge in [0.1, 0.15) is 0 Å². The zero-order valence-corrected chi connectivity index (χ0v) is 14.2. The molecule has 4 nitrogen and oxygen atoms in total. The minimum atomic E-state index is -3.47. The van der Waals surface area contributed by atoms with Crippen molar-refractivity contribution in [1.82, 2.24) is 4.31 Å². The fourth-order valence-corrected chi connectivity index (χ4v) is 3.58. The maximum Gasteiger partial charge on any atom is 0.243 e. The maximum atomic E-state index is 12.7. The minimum absolute atomic E-state index is 0.339. The second kappa shape index (κ2) is 7.22. The summed E-state index contributed by atoms with van der Waals surface area (Å²) in [5.74, 6) is 0. The van der Waals surface area contributed by atoms with Crippen LogP contribution in [0.15, 0.2) is 52.5 Å². The number of hydrogen-bond acceptors (Lipinski definition) is 3. The Morgan fingerprint density at radius 2 is 1.73 bits per heavy atom. The predicted octanol–water partition coefficient (Wildman–Crippen LogP) is 2.91. The fraction of sp³-hybridized carbons (Fsp3) is 0.412. The highest BCUT2D eigenvalue weighted by Crippen LogP contribution is 2.20. The molecule has 1 aromatic rings. The van der Waals surface area contributed by atoms with Gasteiger partial charge in [-0.1, -0.05) is 29.8 Å². The molecule has 120 valence electrons. The zero-order valence-electron chi connectivity index (χ0n) is 13.4. The first-order valence-corrected chi connectivity index (χ1v) is 8.90. The molecular formula is C17H23NO3S. The molecule has 1 aliphatic rings. The van der Waals surface area contributed by atoms with E-state index in [0.29, 0.717) is 31.2 Å². The number of rotatable bonds is 5. The lowest BCUT2D eigenvalue weighted by atomic mass is 10.1. The molecular weight excluding hydrogens is 298 g/mol. The number of sulfonamides is 1. The second-order valence-electron chi connectivity index (χ2n) is 5.39. The third-order valence-corrected chi connectivity index (χ3v) is 5.62. The van der Waals surface area contributed by atoms with Crippen molar-refractivity contribution in [3.8, 4) is 0 Å². The lowest BCUT2D eigenvalue weighted by Crippen LogP contribution is -2.31. The van der Waals surface area contributed by atoms with Crippen molar-refractivity contribution in [2.75, 3.05) is 26.3 Å². The Bertz CT molecular complexity index is 672. The molecule has 0 N–H and O–H groups in total. The van der Waals surface area contributed by atoms with E-state index in [1.807, 2.05) is 45.1 Å². The van der Waals surface area contributed by atoms with Crippen LogP contribution in [0.3, 0.4) is 0 Å². The molecule has 0 fully saturated rings. The van der Waals surface area contributed by atoms with Crippen molar-refractivity contribution in [3.63, 3.8) is 0 Å². The lowest BCUT2D eigenvalue weighted by Gasteiger charge is -2.18. The maximum absolute atomic E-state index is 12.7. The van der Waals surface area contributed by atoms with Crippen LogP contribution < -0.4 is 0 Å². The van der Waals surface area contributed by atoms with Crippen molar-refractivity contribution in [3.05, 3.63) is 53.1 Å². The third kappa shape index (κ3) is 3.85. The van der Waals surface area contributed by atoms with Crippen LogP contribution in [0.2, 0.25) is 0 Å². The van der Waals surface area contributed by atoms with Crippen molar-refractivity contribution in [1.29, 1.82) is 0 Å². The molecule has 1 heterocycles. The Labute approximate surface area is 133 Å². The molecule has 0 amide bonds. The number of aryl methyl sites for hydroxylation is 1. The number of ether oxygens (including phenoxy) is 1. The summed E-state index contributed by atoms with van der Waals surface area (Å²) in [7, 11) is -3.47. The lowest BCUT2D eigenvalue weighted by molar-refractivity contribution is 0.172. The third-order valence-electron chi connectivity index (χ3n) is 3.77. The topological polar surface area (TPSA) is 46.6 Å². The molecule has 0 radical (unpaired) electrons. The van der Waals surface area contributed by atoms with Gasteiger partial charge < -0.3 is 4.74 Å². The zero-order chi connectivity index (χ0) is 16.2. The number of benzene rings is 1. The quantitative estimate of drug-likeness (QED) is 0.838.